The van der Waals surface area contributed by atoms with E-state index in [1.54, 1.807) is 13.2 Å². The zero-order chi connectivity index (χ0) is 14.5. The summed E-state index contributed by atoms with van der Waals surface area (Å²) in [5, 5.41) is 10.1. The topological polar surface area (TPSA) is 58.7 Å². The van der Waals surface area contributed by atoms with Crippen molar-refractivity contribution >= 4 is 0 Å². The SMILES string of the molecule is CCN(Cc1cccc(OC)c1O)CC(C)(C)CN. The molecule has 4 nitrogen and oxygen atoms in total. The number of benzene rings is 1. The zero-order valence-corrected chi connectivity index (χ0v) is 12.4. The van der Waals surface area contributed by atoms with Crippen LogP contribution in [0.5, 0.6) is 11.5 Å². The number of aromatic hydroxyl groups is 1. The summed E-state index contributed by atoms with van der Waals surface area (Å²) < 4.78 is 5.13. The van der Waals surface area contributed by atoms with Crippen LogP contribution >= 0.6 is 0 Å². The molecule has 1 rings (SSSR count). The van der Waals surface area contributed by atoms with Crippen molar-refractivity contribution in [3.63, 3.8) is 0 Å². The van der Waals surface area contributed by atoms with Crippen molar-refractivity contribution in [2.75, 3.05) is 26.7 Å². The zero-order valence-electron chi connectivity index (χ0n) is 12.4. The molecule has 0 aromatic heterocycles. The second-order valence-electron chi connectivity index (χ2n) is 5.64. The van der Waals surface area contributed by atoms with E-state index in [1.807, 2.05) is 12.1 Å². The van der Waals surface area contributed by atoms with Crippen LogP contribution in [0.25, 0.3) is 0 Å². The molecule has 0 aliphatic heterocycles. The molecule has 0 spiro atoms. The molecule has 0 amide bonds. The van der Waals surface area contributed by atoms with Gasteiger partial charge in [0.15, 0.2) is 11.5 Å². The Morgan fingerprint density at radius 1 is 1.37 bits per heavy atom. The first-order chi connectivity index (χ1) is 8.93. The van der Waals surface area contributed by atoms with Crippen molar-refractivity contribution in [1.29, 1.82) is 0 Å². The van der Waals surface area contributed by atoms with Gasteiger partial charge in [-0.15, -0.1) is 0 Å². The number of phenols is 1. The second kappa shape index (κ2) is 6.78. The number of nitrogens with two attached hydrogens (primary N) is 1. The summed E-state index contributed by atoms with van der Waals surface area (Å²) in [7, 11) is 1.56. The standard InChI is InChI=1S/C15H26N2O2/c1-5-17(11-15(2,3)10-16)9-12-7-6-8-13(19-4)14(12)18/h6-8,18H,5,9-11,16H2,1-4H3. The number of methoxy groups -OCH3 is 1. The van der Waals surface area contributed by atoms with E-state index >= 15 is 0 Å². The minimum atomic E-state index is 0.0739. The quantitative estimate of drug-likeness (QED) is 0.794. The highest BCUT2D eigenvalue weighted by atomic mass is 16.5. The Hall–Kier alpha value is -1.26. The molecule has 0 aliphatic rings. The fourth-order valence-electron chi connectivity index (χ4n) is 2.05. The van der Waals surface area contributed by atoms with Crippen LogP contribution in [0.3, 0.4) is 0 Å². The highest BCUT2D eigenvalue weighted by Crippen LogP contribution is 2.30. The first kappa shape index (κ1) is 15.8. The fraction of sp³-hybridized carbons (Fsp3) is 0.600. The largest absolute Gasteiger partial charge is 0.504 e. The van der Waals surface area contributed by atoms with Gasteiger partial charge in [0, 0.05) is 18.7 Å². The van der Waals surface area contributed by atoms with Gasteiger partial charge in [-0.1, -0.05) is 32.9 Å². The maximum absolute atomic E-state index is 10.1. The summed E-state index contributed by atoms with van der Waals surface area (Å²) in [6.45, 7) is 9.58. The average molecular weight is 266 g/mol. The summed E-state index contributed by atoms with van der Waals surface area (Å²) in [5.41, 5.74) is 6.74. The molecule has 1 aromatic rings. The predicted octanol–water partition coefficient (Wildman–Crippen LogP) is 2.21. The molecule has 0 unspecified atom stereocenters. The molecule has 0 saturated heterocycles. The van der Waals surface area contributed by atoms with Crippen molar-refractivity contribution in [2.45, 2.75) is 27.3 Å². The minimum absolute atomic E-state index is 0.0739. The van der Waals surface area contributed by atoms with Crippen molar-refractivity contribution in [2.24, 2.45) is 11.1 Å². The lowest BCUT2D eigenvalue weighted by Gasteiger charge is -2.31. The molecule has 0 atom stereocenters. The van der Waals surface area contributed by atoms with E-state index in [2.05, 4.69) is 25.7 Å². The minimum Gasteiger partial charge on any atom is -0.504 e. The third-order valence-corrected chi connectivity index (χ3v) is 3.35. The average Bonchev–Trinajstić information content (AvgIpc) is 2.40. The number of ether oxygens (including phenoxy) is 1. The molecule has 0 saturated carbocycles. The highest BCUT2D eigenvalue weighted by Gasteiger charge is 2.20. The van der Waals surface area contributed by atoms with E-state index in [-0.39, 0.29) is 11.2 Å². The second-order valence-corrected chi connectivity index (χ2v) is 5.64. The lowest BCUT2D eigenvalue weighted by atomic mass is 9.93. The van der Waals surface area contributed by atoms with E-state index < -0.39 is 0 Å². The fourth-order valence-corrected chi connectivity index (χ4v) is 2.05. The predicted molar refractivity (Wildman–Crippen MR) is 78.4 cm³/mol. The molecule has 0 radical (unpaired) electrons. The van der Waals surface area contributed by atoms with Gasteiger partial charge in [0.1, 0.15) is 0 Å². The number of phenolic OH excluding ortho intramolecular Hbond substituents is 1. The van der Waals surface area contributed by atoms with Gasteiger partial charge in [0.05, 0.1) is 7.11 Å². The summed E-state index contributed by atoms with van der Waals surface area (Å²) in [5.74, 6) is 0.751. The van der Waals surface area contributed by atoms with Gasteiger partial charge in [-0.05, 0) is 24.6 Å². The molecule has 0 fully saturated rings. The molecule has 3 N–H and O–H groups in total. The maximum Gasteiger partial charge on any atom is 0.162 e. The van der Waals surface area contributed by atoms with Crippen LogP contribution in [-0.2, 0) is 6.54 Å². The van der Waals surface area contributed by atoms with Gasteiger partial charge in [-0.25, -0.2) is 0 Å². The number of para-hydroxylation sites is 1. The van der Waals surface area contributed by atoms with Crippen LogP contribution in [0.15, 0.2) is 18.2 Å². The first-order valence-corrected chi connectivity index (χ1v) is 6.70. The summed E-state index contributed by atoms with van der Waals surface area (Å²) >= 11 is 0. The molecule has 0 bridgehead atoms. The molecule has 108 valence electrons. The van der Waals surface area contributed by atoms with Gasteiger partial charge in [0.2, 0.25) is 0 Å². The molecule has 1 aromatic carbocycles. The van der Waals surface area contributed by atoms with Gasteiger partial charge in [-0.2, -0.15) is 0 Å². The van der Waals surface area contributed by atoms with Crippen LogP contribution in [0.1, 0.15) is 26.3 Å². The first-order valence-electron chi connectivity index (χ1n) is 6.70. The number of rotatable bonds is 7. The van der Waals surface area contributed by atoms with Gasteiger partial charge in [0.25, 0.3) is 0 Å². The summed E-state index contributed by atoms with van der Waals surface area (Å²) in [4.78, 5) is 2.28. The van der Waals surface area contributed by atoms with Crippen LogP contribution in [0.2, 0.25) is 0 Å². The maximum atomic E-state index is 10.1. The lowest BCUT2D eigenvalue weighted by Crippen LogP contribution is -2.38. The van der Waals surface area contributed by atoms with E-state index in [4.69, 9.17) is 10.5 Å². The van der Waals surface area contributed by atoms with Gasteiger partial charge < -0.3 is 15.6 Å². The monoisotopic (exact) mass is 266 g/mol. The Morgan fingerprint density at radius 2 is 2.05 bits per heavy atom. The van der Waals surface area contributed by atoms with Crippen molar-refractivity contribution in [3.05, 3.63) is 23.8 Å². The smallest absolute Gasteiger partial charge is 0.162 e. The van der Waals surface area contributed by atoms with Crippen molar-refractivity contribution in [3.8, 4) is 11.5 Å². The Bertz CT molecular complexity index is 405. The number of hydrogen-bond acceptors (Lipinski definition) is 4. The van der Waals surface area contributed by atoms with Crippen LogP contribution < -0.4 is 10.5 Å². The van der Waals surface area contributed by atoms with E-state index in [0.717, 1.165) is 18.7 Å². The molecule has 19 heavy (non-hydrogen) atoms. The summed E-state index contributed by atoms with van der Waals surface area (Å²) in [6.07, 6.45) is 0. The van der Waals surface area contributed by atoms with Gasteiger partial charge in [-0.3, -0.25) is 4.90 Å². The van der Waals surface area contributed by atoms with Crippen molar-refractivity contribution < 1.29 is 9.84 Å². The number of nitrogens with zero attached hydrogens (tertiary/aromatic N) is 1. The Morgan fingerprint density at radius 3 is 2.58 bits per heavy atom. The van der Waals surface area contributed by atoms with Crippen LogP contribution in [0, 0.1) is 5.41 Å². The Labute approximate surface area is 116 Å². The summed E-state index contributed by atoms with van der Waals surface area (Å²) in [6, 6.07) is 5.59. The molecule has 0 aliphatic carbocycles. The van der Waals surface area contributed by atoms with Crippen molar-refractivity contribution in [1.82, 2.24) is 4.90 Å². The van der Waals surface area contributed by atoms with Crippen LogP contribution in [0.4, 0.5) is 0 Å². The molecular formula is C15H26N2O2. The molecular weight excluding hydrogens is 240 g/mol. The Kier molecular flexibility index (Phi) is 5.63. The normalized spacial score (nSPS) is 11.9. The third kappa shape index (κ3) is 4.40. The Balaban J connectivity index is 2.82. The van der Waals surface area contributed by atoms with E-state index in [9.17, 15) is 5.11 Å². The molecule has 0 heterocycles. The lowest BCUT2D eigenvalue weighted by molar-refractivity contribution is 0.181. The number of hydrogen-bond donors (Lipinski definition) is 2. The van der Waals surface area contributed by atoms with E-state index in [0.29, 0.717) is 18.8 Å². The van der Waals surface area contributed by atoms with Gasteiger partial charge >= 0.3 is 0 Å². The van der Waals surface area contributed by atoms with Crippen LogP contribution in [-0.4, -0.2) is 36.8 Å². The third-order valence-electron chi connectivity index (χ3n) is 3.35. The van der Waals surface area contributed by atoms with E-state index in [1.165, 1.54) is 0 Å². The molecule has 4 heteroatoms. The highest BCUT2D eigenvalue weighted by molar-refractivity contribution is 5.45.